The SMILES string of the molecule is COC(=O)N1Cc2ccccc2Oc2c1nc(C)nc2C(F)(F)F. The second-order valence-electron chi connectivity index (χ2n) is 5.04. The second kappa shape index (κ2) is 5.66. The Bertz CT molecular complexity index is 808. The predicted octanol–water partition coefficient (Wildman–Crippen LogP) is 3.68. The number of benzene rings is 1. The number of amides is 1. The van der Waals surface area contributed by atoms with Gasteiger partial charge in [0.15, 0.2) is 11.5 Å². The highest BCUT2D eigenvalue weighted by atomic mass is 19.4. The number of hydrogen-bond acceptors (Lipinski definition) is 5. The monoisotopic (exact) mass is 339 g/mol. The van der Waals surface area contributed by atoms with E-state index >= 15 is 0 Å². The average Bonchev–Trinajstić information content (AvgIpc) is 2.69. The first-order valence-electron chi connectivity index (χ1n) is 6.88. The molecule has 0 radical (unpaired) electrons. The van der Waals surface area contributed by atoms with Crippen molar-refractivity contribution >= 4 is 11.9 Å². The Morgan fingerprint density at radius 3 is 2.67 bits per heavy atom. The maximum atomic E-state index is 13.4. The molecule has 1 aliphatic heterocycles. The number of fused-ring (bicyclic) bond motifs is 2. The van der Waals surface area contributed by atoms with Gasteiger partial charge in [-0.25, -0.2) is 14.8 Å². The molecule has 0 N–H and O–H groups in total. The molecule has 3 rings (SSSR count). The van der Waals surface area contributed by atoms with Crippen LogP contribution in [-0.4, -0.2) is 23.2 Å². The topological polar surface area (TPSA) is 64.5 Å². The van der Waals surface area contributed by atoms with Crippen LogP contribution < -0.4 is 9.64 Å². The number of alkyl halides is 3. The van der Waals surface area contributed by atoms with Crippen LogP contribution in [0.4, 0.5) is 23.8 Å². The number of carbonyl (C=O) groups excluding carboxylic acids is 1. The minimum atomic E-state index is -4.77. The minimum Gasteiger partial charge on any atom is -0.452 e. The number of hydrogen-bond donors (Lipinski definition) is 0. The lowest BCUT2D eigenvalue weighted by atomic mass is 10.2. The fourth-order valence-corrected chi connectivity index (χ4v) is 2.37. The van der Waals surface area contributed by atoms with Crippen molar-refractivity contribution in [2.24, 2.45) is 0 Å². The van der Waals surface area contributed by atoms with Gasteiger partial charge in [-0.05, 0) is 13.0 Å². The first kappa shape index (κ1) is 16.0. The van der Waals surface area contributed by atoms with Crippen molar-refractivity contribution in [3.63, 3.8) is 0 Å². The van der Waals surface area contributed by atoms with Gasteiger partial charge in [-0.15, -0.1) is 0 Å². The van der Waals surface area contributed by atoms with E-state index in [0.29, 0.717) is 5.56 Å². The minimum absolute atomic E-state index is 0.0381. The number of carbonyl (C=O) groups is 1. The van der Waals surface area contributed by atoms with Crippen LogP contribution in [-0.2, 0) is 17.5 Å². The lowest BCUT2D eigenvalue weighted by Crippen LogP contribution is -2.31. The molecule has 0 bridgehead atoms. The van der Waals surface area contributed by atoms with E-state index in [4.69, 9.17) is 4.74 Å². The highest BCUT2D eigenvalue weighted by molar-refractivity contribution is 5.89. The highest BCUT2D eigenvalue weighted by Gasteiger charge is 2.41. The van der Waals surface area contributed by atoms with E-state index in [1.807, 2.05) is 0 Å². The van der Waals surface area contributed by atoms with Crippen molar-refractivity contribution in [2.45, 2.75) is 19.6 Å². The Morgan fingerprint density at radius 2 is 2.00 bits per heavy atom. The van der Waals surface area contributed by atoms with Gasteiger partial charge < -0.3 is 9.47 Å². The van der Waals surface area contributed by atoms with Crippen LogP contribution in [0.2, 0.25) is 0 Å². The summed E-state index contributed by atoms with van der Waals surface area (Å²) in [5.74, 6) is -0.839. The van der Waals surface area contributed by atoms with Gasteiger partial charge in [-0.3, -0.25) is 4.90 Å². The Kier molecular flexibility index (Phi) is 3.78. The molecule has 1 aromatic carbocycles. The standard InChI is InChI=1S/C15H12F3N3O3/c1-8-19-12(15(16,17)18)11-13(20-8)21(14(22)23-2)7-9-5-3-4-6-10(9)24-11/h3-6H,7H2,1-2H3. The lowest BCUT2D eigenvalue weighted by Gasteiger charge is -2.21. The van der Waals surface area contributed by atoms with Crippen molar-refractivity contribution in [3.8, 4) is 11.5 Å². The van der Waals surface area contributed by atoms with Crippen molar-refractivity contribution in [1.82, 2.24) is 9.97 Å². The number of aryl methyl sites for hydroxylation is 1. The molecule has 1 aliphatic rings. The van der Waals surface area contributed by atoms with Crippen molar-refractivity contribution in [1.29, 1.82) is 0 Å². The largest absolute Gasteiger partial charge is 0.452 e. The molecule has 0 unspecified atom stereocenters. The van der Waals surface area contributed by atoms with Crippen LogP contribution in [0.15, 0.2) is 24.3 Å². The number of methoxy groups -OCH3 is 1. The van der Waals surface area contributed by atoms with E-state index in [2.05, 4.69) is 14.7 Å². The maximum absolute atomic E-state index is 13.4. The van der Waals surface area contributed by atoms with Crippen LogP contribution in [0.5, 0.6) is 11.5 Å². The molecule has 24 heavy (non-hydrogen) atoms. The van der Waals surface area contributed by atoms with Gasteiger partial charge in [0.2, 0.25) is 5.75 Å². The van der Waals surface area contributed by atoms with Gasteiger partial charge in [0, 0.05) is 5.56 Å². The van der Waals surface area contributed by atoms with E-state index in [1.165, 1.54) is 13.0 Å². The maximum Gasteiger partial charge on any atom is 0.437 e. The molecule has 9 heteroatoms. The Labute approximate surface area is 134 Å². The zero-order valence-electron chi connectivity index (χ0n) is 12.7. The van der Waals surface area contributed by atoms with E-state index < -0.39 is 23.7 Å². The van der Waals surface area contributed by atoms with Gasteiger partial charge in [-0.2, -0.15) is 13.2 Å². The molecule has 0 fully saturated rings. The summed E-state index contributed by atoms with van der Waals surface area (Å²) in [7, 11) is 1.14. The normalized spacial score (nSPS) is 13.5. The third kappa shape index (κ3) is 2.72. The summed E-state index contributed by atoms with van der Waals surface area (Å²) in [6.45, 7) is 1.27. The second-order valence-corrected chi connectivity index (χ2v) is 5.04. The van der Waals surface area contributed by atoms with Gasteiger partial charge in [0.1, 0.15) is 11.6 Å². The molecule has 0 aliphatic carbocycles. The molecule has 126 valence electrons. The fourth-order valence-electron chi connectivity index (χ4n) is 2.37. The first-order chi connectivity index (χ1) is 11.3. The summed E-state index contributed by atoms with van der Waals surface area (Å²) < 4.78 is 50.2. The molecule has 1 aromatic heterocycles. The zero-order valence-corrected chi connectivity index (χ0v) is 12.7. The van der Waals surface area contributed by atoms with Crippen LogP contribution >= 0.6 is 0 Å². The lowest BCUT2D eigenvalue weighted by molar-refractivity contribution is -0.142. The zero-order chi connectivity index (χ0) is 17.5. The summed E-state index contributed by atoms with van der Waals surface area (Å²) in [6.07, 6.45) is -5.61. The first-order valence-corrected chi connectivity index (χ1v) is 6.88. The molecule has 6 nitrogen and oxygen atoms in total. The Morgan fingerprint density at radius 1 is 1.29 bits per heavy atom. The van der Waals surface area contributed by atoms with Crippen LogP contribution in [0, 0.1) is 6.92 Å². The number of ether oxygens (including phenoxy) is 2. The fraction of sp³-hybridized carbons (Fsp3) is 0.267. The van der Waals surface area contributed by atoms with E-state index in [0.717, 1.165) is 12.0 Å². The van der Waals surface area contributed by atoms with Crippen LogP contribution in [0.25, 0.3) is 0 Å². The van der Waals surface area contributed by atoms with Crippen molar-refractivity contribution < 1.29 is 27.4 Å². The average molecular weight is 339 g/mol. The molecule has 1 amide bonds. The van der Waals surface area contributed by atoms with Crippen molar-refractivity contribution in [3.05, 3.63) is 41.3 Å². The molecular formula is C15H12F3N3O3. The molecule has 0 saturated carbocycles. The number of anilines is 1. The molecule has 2 aromatic rings. The highest BCUT2D eigenvalue weighted by Crippen LogP contribution is 2.45. The smallest absolute Gasteiger partial charge is 0.437 e. The van der Waals surface area contributed by atoms with Gasteiger partial charge in [0.25, 0.3) is 0 Å². The number of para-hydroxylation sites is 1. The molecule has 0 saturated heterocycles. The van der Waals surface area contributed by atoms with Crippen molar-refractivity contribution in [2.75, 3.05) is 12.0 Å². The van der Waals surface area contributed by atoms with Crippen LogP contribution in [0.3, 0.4) is 0 Å². The quantitative estimate of drug-likeness (QED) is 0.732. The number of nitrogens with zero attached hydrogens (tertiary/aromatic N) is 3. The summed E-state index contributed by atoms with van der Waals surface area (Å²) in [4.78, 5) is 20.5. The molecule has 2 heterocycles. The molecule has 0 spiro atoms. The summed E-state index contributed by atoms with van der Waals surface area (Å²) in [5, 5.41) is 0. The van der Waals surface area contributed by atoms with E-state index in [1.54, 1.807) is 18.2 Å². The third-order valence-corrected chi connectivity index (χ3v) is 3.39. The number of halogens is 3. The van der Waals surface area contributed by atoms with Crippen LogP contribution in [0.1, 0.15) is 17.1 Å². The van der Waals surface area contributed by atoms with Gasteiger partial charge >= 0.3 is 12.3 Å². The summed E-state index contributed by atoms with van der Waals surface area (Å²) >= 11 is 0. The number of aromatic nitrogens is 2. The Hall–Kier alpha value is -2.84. The van der Waals surface area contributed by atoms with E-state index in [-0.39, 0.29) is 23.9 Å². The van der Waals surface area contributed by atoms with Gasteiger partial charge in [-0.1, -0.05) is 18.2 Å². The summed E-state index contributed by atoms with van der Waals surface area (Å²) in [6, 6.07) is 6.47. The van der Waals surface area contributed by atoms with Gasteiger partial charge in [0.05, 0.1) is 13.7 Å². The Balaban J connectivity index is 2.29. The molecular weight excluding hydrogens is 327 g/mol. The predicted molar refractivity (Wildman–Crippen MR) is 76.9 cm³/mol. The number of rotatable bonds is 0. The molecule has 0 atom stereocenters. The third-order valence-electron chi connectivity index (χ3n) is 3.39. The summed E-state index contributed by atoms with van der Waals surface area (Å²) in [5.41, 5.74) is -0.720. The van der Waals surface area contributed by atoms with E-state index in [9.17, 15) is 18.0 Å².